The molecule has 10 heteroatoms. The molecule has 2 N–H and O–H groups in total. The normalized spacial score (nSPS) is 12.4. The Labute approximate surface area is 195 Å². The van der Waals surface area contributed by atoms with Crippen molar-refractivity contribution in [2.24, 2.45) is 7.05 Å². The molecular weight excluding hydrogens is 491 g/mol. The molecule has 0 saturated carbocycles. The van der Waals surface area contributed by atoms with Crippen molar-refractivity contribution in [2.75, 3.05) is 6.61 Å². The Morgan fingerprint density at radius 2 is 2.00 bits per heavy atom. The minimum absolute atomic E-state index is 0.327. The summed E-state index contributed by atoms with van der Waals surface area (Å²) in [6.07, 6.45) is 6.85. The summed E-state index contributed by atoms with van der Waals surface area (Å²) in [7, 11) is 1.83. The van der Waals surface area contributed by atoms with Crippen LogP contribution in [0.15, 0.2) is 70.5 Å². The first-order valence-corrected chi connectivity index (χ1v) is 10.8. The number of aromatic nitrogens is 6. The molecule has 0 aliphatic rings. The predicted octanol–water partition coefficient (Wildman–Crippen LogP) is 3.67. The van der Waals surface area contributed by atoms with Crippen LogP contribution < -0.4 is 5.56 Å². The van der Waals surface area contributed by atoms with E-state index >= 15 is 0 Å². The van der Waals surface area contributed by atoms with E-state index in [9.17, 15) is 14.3 Å². The number of halogens is 2. The lowest BCUT2D eigenvalue weighted by Crippen LogP contribution is -2.27. The van der Waals surface area contributed by atoms with Crippen molar-refractivity contribution in [1.82, 2.24) is 29.5 Å². The van der Waals surface area contributed by atoms with E-state index in [1.165, 1.54) is 22.8 Å². The molecule has 0 bridgehead atoms. The Morgan fingerprint density at radius 3 is 2.70 bits per heavy atom. The Bertz CT molecular complexity index is 1520. The number of fused-ring (bicyclic) bond motifs is 1. The summed E-state index contributed by atoms with van der Waals surface area (Å²) in [5, 5.41) is 22.2. The van der Waals surface area contributed by atoms with Crippen LogP contribution in [-0.2, 0) is 7.05 Å². The number of aliphatic hydroxyl groups is 1. The molecule has 1 aromatic carbocycles. The minimum Gasteiger partial charge on any atom is -0.394 e. The standard InChI is InChI=1S/C23H18BrFN6O2/c1-30-11-16(10-27-30)22-19-6-15(9-26-23(19)29-28-22)13-2-3-31(21(33)7-13)20(12-32)14-4-17(24)8-18(25)5-14/h2-11,20,32H,12H2,1H3,(H,26,28,29). The lowest BCUT2D eigenvalue weighted by molar-refractivity contribution is 0.246. The van der Waals surface area contributed by atoms with Crippen LogP contribution in [0.5, 0.6) is 0 Å². The maximum Gasteiger partial charge on any atom is 0.251 e. The highest BCUT2D eigenvalue weighted by molar-refractivity contribution is 9.10. The molecule has 4 aromatic heterocycles. The molecular formula is C23H18BrFN6O2. The van der Waals surface area contributed by atoms with Crippen LogP contribution in [0.25, 0.3) is 33.4 Å². The summed E-state index contributed by atoms with van der Waals surface area (Å²) in [5.41, 5.74) is 3.77. The van der Waals surface area contributed by atoms with Gasteiger partial charge in [0, 0.05) is 52.7 Å². The molecule has 166 valence electrons. The van der Waals surface area contributed by atoms with E-state index in [0.29, 0.717) is 21.2 Å². The van der Waals surface area contributed by atoms with Gasteiger partial charge in [0.2, 0.25) is 0 Å². The third-order valence-electron chi connectivity index (χ3n) is 5.45. The average molecular weight is 509 g/mol. The van der Waals surface area contributed by atoms with Crippen LogP contribution in [0.1, 0.15) is 11.6 Å². The number of hydrogen-bond donors (Lipinski definition) is 2. The number of aryl methyl sites for hydroxylation is 1. The van der Waals surface area contributed by atoms with Gasteiger partial charge in [-0.1, -0.05) is 15.9 Å². The number of rotatable bonds is 5. The first-order chi connectivity index (χ1) is 15.9. The maximum atomic E-state index is 13.9. The van der Waals surface area contributed by atoms with Crippen molar-refractivity contribution in [1.29, 1.82) is 0 Å². The van der Waals surface area contributed by atoms with Crippen molar-refractivity contribution in [3.05, 3.63) is 87.4 Å². The van der Waals surface area contributed by atoms with Gasteiger partial charge in [-0.2, -0.15) is 10.2 Å². The largest absolute Gasteiger partial charge is 0.394 e. The summed E-state index contributed by atoms with van der Waals surface area (Å²) in [6, 6.07) is 8.76. The van der Waals surface area contributed by atoms with Gasteiger partial charge < -0.3 is 9.67 Å². The number of nitrogens with one attached hydrogen (secondary N) is 1. The summed E-state index contributed by atoms with van der Waals surface area (Å²) < 4.78 is 17.5. The number of hydrogen-bond acceptors (Lipinski definition) is 5. The van der Waals surface area contributed by atoms with E-state index in [-0.39, 0.29) is 12.2 Å². The summed E-state index contributed by atoms with van der Waals surface area (Å²) in [6.45, 7) is -0.355. The van der Waals surface area contributed by atoms with Crippen molar-refractivity contribution in [2.45, 2.75) is 6.04 Å². The Balaban J connectivity index is 1.54. The van der Waals surface area contributed by atoms with Crippen LogP contribution in [0.2, 0.25) is 0 Å². The number of pyridine rings is 2. The van der Waals surface area contributed by atoms with Crippen LogP contribution >= 0.6 is 15.9 Å². The fraction of sp³-hybridized carbons (Fsp3) is 0.130. The number of benzene rings is 1. The van der Waals surface area contributed by atoms with Gasteiger partial charge in [0.05, 0.1) is 18.8 Å². The minimum atomic E-state index is -0.717. The molecule has 0 fully saturated rings. The number of aliphatic hydroxyl groups excluding tert-OH is 1. The first kappa shape index (κ1) is 21.2. The average Bonchev–Trinajstić information content (AvgIpc) is 3.40. The number of nitrogens with zero attached hydrogens (tertiary/aromatic N) is 5. The highest BCUT2D eigenvalue weighted by Crippen LogP contribution is 2.29. The third kappa shape index (κ3) is 3.98. The Morgan fingerprint density at radius 1 is 1.15 bits per heavy atom. The highest BCUT2D eigenvalue weighted by Gasteiger charge is 2.17. The van der Waals surface area contributed by atoms with Crippen LogP contribution in [0.4, 0.5) is 4.39 Å². The van der Waals surface area contributed by atoms with E-state index in [1.54, 1.807) is 35.4 Å². The van der Waals surface area contributed by atoms with Crippen molar-refractivity contribution < 1.29 is 9.50 Å². The topological polar surface area (TPSA) is 102 Å². The van der Waals surface area contributed by atoms with E-state index < -0.39 is 11.9 Å². The van der Waals surface area contributed by atoms with Gasteiger partial charge in [-0.3, -0.25) is 14.6 Å². The molecule has 5 rings (SSSR count). The molecule has 4 heterocycles. The fourth-order valence-corrected chi connectivity index (χ4v) is 4.36. The van der Waals surface area contributed by atoms with Crippen LogP contribution in [0.3, 0.4) is 0 Å². The monoisotopic (exact) mass is 508 g/mol. The Kier molecular flexibility index (Phi) is 5.39. The zero-order valence-electron chi connectivity index (χ0n) is 17.4. The smallest absolute Gasteiger partial charge is 0.251 e. The van der Waals surface area contributed by atoms with Gasteiger partial charge in [0.1, 0.15) is 11.5 Å². The second kappa shape index (κ2) is 8.38. The third-order valence-corrected chi connectivity index (χ3v) is 5.91. The van der Waals surface area contributed by atoms with Crippen molar-refractivity contribution >= 4 is 27.0 Å². The van der Waals surface area contributed by atoms with E-state index in [1.807, 2.05) is 19.3 Å². The fourth-order valence-electron chi connectivity index (χ4n) is 3.87. The molecule has 8 nitrogen and oxygen atoms in total. The number of aromatic amines is 1. The zero-order valence-corrected chi connectivity index (χ0v) is 19.0. The van der Waals surface area contributed by atoms with Crippen molar-refractivity contribution in [3.63, 3.8) is 0 Å². The molecule has 33 heavy (non-hydrogen) atoms. The quantitative estimate of drug-likeness (QED) is 0.377. The van der Waals surface area contributed by atoms with Gasteiger partial charge in [0.25, 0.3) is 5.56 Å². The van der Waals surface area contributed by atoms with Gasteiger partial charge in [-0.15, -0.1) is 0 Å². The second-order valence-electron chi connectivity index (χ2n) is 7.66. The van der Waals surface area contributed by atoms with Crippen molar-refractivity contribution in [3.8, 4) is 22.4 Å². The van der Waals surface area contributed by atoms with E-state index in [0.717, 1.165) is 22.2 Å². The molecule has 0 saturated heterocycles. The zero-order chi connectivity index (χ0) is 23.1. The molecule has 0 radical (unpaired) electrons. The summed E-state index contributed by atoms with van der Waals surface area (Å²) >= 11 is 3.26. The molecule has 0 amide bonds. The molecule has 0 aliphatic carbocycles. The van der Waals surface area contributed by atoms with Gasteiger partial charge >= 0.3 is 0 Å². The highest BCUT2D eigenvalue weighted by atomic mass is 79.9. The lowest BCUT2D eigenvalue weighted by atomic mass is 10.0. The molecule has 5 aromatic rings. The molecule has 1 atom stereocenters. The van der Waals surface area contributed by atoms with E-state index in [2.05, 4.69) is 36.2 Å². The van der Waals surface area contributed by atoms with Gasteiger partial charge in [-0.05, 0) is 41.5 Å². The second-order valence-corrected chi connectivity index (χ2v) is 8.57. The van der Waals surface area contributed by atoms with Gasteiger partial charge in [0.15, 0.2) is 5.65 Å². The van der Waals surface area contributed by atoms with Crippen LogP contribution in [0, 0.1) is 5.82 Å². The summed E-state index contributed by atoms with van der Waals surface area (Å²) in [5.74, 6) is -0.452. The SMILES string of the molecule is Cn1cc(-c2n[nH]c3ncc(-c4ccn(C(CO)c5cc(F)cc(Br)c5)c(=O)c4)cc23)cn1. The molecule has 1 unspecified atom stereocenters. The van der Waals surface area contributed by atoms with Gasteiger partial charge in [-0.25, -0.2) is 9.37 Å². The molecule has 0 aliphatic heterocycles. The van der Waals surface area contributed by atoms with E-state index in [4.69, 9.17) is 0 Å². The summed E-state index contributed by atoms with van der Waals surface area (Å²) in [4.78, 5) is 17.4. The Hall–Kier alpha value is -3.63. The lowest BCUT2D eigenvalue weighted by Gasteiger charge is -2.19. The first-order valence-electron chi connectivity index (χ1n) is 10.1. The number of H-pyrrole nitrogens is 1. The predicted molar refractivity (Wildman–Crippen MR) is 125 cm³/mol. The molecule has 0 spiro atoms. The maximum absolute atomic E-state index is 13.9. The van der Waals surface area contributed by atoms with Crippen LogP contribution in [-0.4, -0.2) is 41.2 Å².